The van der Waals surface area contributed by atoms with Crippen LogP contribution in [0.15, 0.2) is 23.1 Å². The summed E-state index contributed by atoms with van der Waals surface area (Å²) in [7, 11) is 2.75. The van der Waals surface area contributed by atoms with Gasteiger partial charge in [0.05, 0.1) is 12.1 Å². The van der Waals surface area contributed by atoms with Crippen molar-refractivity contribution in [1.29, 1.82) is 0 Å². The molecule has 17 heavy (non-hydrogen) atoms. The van der Waals surface area contributed by atoms with Crippen LogP contribution in [0.4, 0.5) is 0 Å². The fraction of sp³-hybridized carbons (Fsp3) is 0.182. The normalized spacial score (nSPS) is 10.5. The van der Waals surface area contributed by atoms with Crippen molar-refractivity contribution in [3.8, 4) is 0 Å². The topological polar surface area (TPSA) is 61.2 Å². The Balaban J connectivity index is 2.91. The van der Waals surface area contributed by atoms with E-state index in [1.165, 1.54) is 31.0 Å². The van der Waals surface area contributed by atoms with Gasteiger partial charge in [-0.15, -0.1) is 0 Å². The number of carbonyl (C=O) groups excluding carboxylic acids is 1. The number of carbonyl (C=O) groups is 1. The Morgan fingerprint density at radius 3 is 2.88 bits per heavy atom. The number of methoxy groups -OCH3 is 1. The second kappa shape index (κ2) is 4.18. The molecule has 0 saturated carbocycles. The van der Waals surface area contributed by atoms with Gasteiger partial charge >= 0.3 is 5.97 Å². The molecular weight excluding hydrogens is 244 g/mol. The van der Waals surface area contributed by atoms with Crippen LogP contribution in [0.1, 0.15) is 10.4 Å². The summed E-state index contributed by atoms with van der Waals surface area (Å²) >= 11 is 5.99. The van der Waals surface area contributed by atoms with Gasteiger partial charge in [0.25, 0.3) is 5.56 Å². The average Bonchev–Trinajstić information content (AvgIpc) is 2.33. The standard InChI is InChI=1S/C11H9ClN2O3/c1-14-9-6(8(12)3-4-13-9)5-7(10(14)15)11(16)17-2/h3-5H,1-2H3. The number of hydrogen-bond acceptors (Lipinski definition) is 4. The molecule has 2 heterocycles. The van der Waals surface area contributed by atoms with Gasteiger partial charge in [-0.2, -0.15) is 0 Å². The first-order chi connectivity index (χ1) is 8.06. The van der Waals surface area contributed by atoms with Gasteiger partial charge in [-0.05, 0) is 12.1 Å². The second-order valence-electron chi connectivity index (χ2n) is 3.44. The first kappa shape index (κ1) is 11.6. The number of aromatic nitrogens is 2. The van der Waals surface area contributed by atoms with Crippen molar-refractivity contribution in [1.82, 2.24) is 9.55 Å². The smallest absolute Gasteiger partial charge is 0.343 e. The summed E-state index contributed by atoms with van der Waals surface area (Å²) in [4.78, 5) is 27.4. The van der Waals surface area contributed by atoms with Crippen LogP contribution in [-0.2, 0) is 11.8 Å². The second-order valence-corrected chi connectivity index (χ2v) is 3.85. The molecular formula is C11H9ClN2O3. The zero-order valence-electron chi connectivity index (χ0n) is 9.23. The van der Waals surface area contributed by atoms with E-state index in [0.717, 1.165) is 0 Å². The van der Waals surface area contributed by atoms with E-state index >= 15 is 0 Å². The molecule has 0 aromatic carbocycles. The van der Waals surface area contributed by atoms with E-state index in [1.807, 2.05) is 0 Å². The largest absolute Gasteiger partial charge is 0.465 e. The molecule has 0 aliphatic heterocycles. The molecule has 0 atom stereocenters. The van der Waals surface area contributed by atoms with E-state index in [0.29, 0.717) is 16.1 Å². The van der Waals surface area contributed by atoms with Crippen LogP contribution < -0.4 is 5.56 Å². The Bertz CT molecular complexity index is 664. The summed E-state index contributed by atoms with van der Waals surface area (Å²) in [5.74, 6) is -0.688. The Kier molecular flexibility index (Phi) is 2.85. The van der Waals surface area contributed by atoms with Gasteiger partial charge in [-0.25, -0.2) is 9.78 Å². The van der Waals surface area contributed by atoms with Crippen LogP contribution in [0.25, 0.3) is 11.0 Å². The number of halogens is 1. The lowest BCUT2D eigenvalue weighted by molar-refractivity contribution is 0.0598. The number of aryl methyl sites for hydroxylation is 1. The minimum Gasteiger partial charge on any atom is -0.465 e. The summed E-state index contributed by atoms with van der Waals surface area (Å²) in [6, 6.07) is 2.99. The van der Waals surface area contributed by atoms with E-state index in [2.05, 4.69) is 9.72 Å². The third-order valence-electron chi connectivity index (χ3n) is 2.46. The molecule has 0 N–H and O–H groups in total. The van der Waals surface area contributed by atoms with Crippen molar-refractivity contribution >= 4 is 28.6 Å². The zero-order valence-corrected chi connectivity index (χ0v) is 9.99. The molecule has 0 radical (unpaired) electrons. The fourth-order valence-electron chi connectivity index (χ4n) is 1.58. The summed E-state index contributed by atoms with van der Waals surface area (Å²) in [5.41, 5.74) is -0.0910. The predicted octanol–water partition coefficient (Wildman–Crippen LogP) is 1.37. The van der Waals surface area contributed by atoms with Gasteiger partial charge in [0, 0.05) is 18.6 Å². The van der Waals surface area contributed by atoms with Crippen LogP contribution in [0.3, 0.4) is 0 Å². The molecule has 0 amide bonds. The van der Waals surface area contributed by atoms with Crippen LogP contribution >= 0.6 is 11.6 Å². The highest BCUT2D eigenvalue weighted by atomic mass is 35.5. The Morgan fingerprint density at radius 1 is 1.53 bits per heavy atom. The highest BCUT2D eigenvalue weighted by Crippen LogP contribution is 2.20. The molecule has 0 fully saturated rings. The van der Waals surface area contributed by atoms with Crippen LogP contribution in [0.2, 0.25) is 5.02 Å². The summed E-state index contributed by atoms with van der Waals surface area (Å²) in [6.45, 7) is 0. The lowest BCUT2D eigenvalue weighted by Crippen LogP contribution is -2.25. The van der Waals surface area contributed by atoms with Crippen LogP contribution in [0, 0.1) is 0 Å². The third kappa shape index (κ3) is 1.78. The van der Waals surface area contributed by atoms with Crippen LogP contribution in [-0.4, -0.2) is 22.6 Å². The maximum atomic E-state index is 11.9. The Hall–Kier alpha value is -1.88. The SMILES string of the molecule is COC(=O)c1cc2c(Cl)ccnc2n(C)c1=O. The fourth-order valence-corrected chi connectivity index (χ4v) is 1.77. The molecule has 0 unspecified atom stereocenters. The Labute approximate surface area is 102 Å². The maximum absolute atomic E-state index is 11.9. The lowest BCUT2D eigenvalue weighted by Gasteiger charge is -2.07. The van der Waals surface area contributed by atoms with Gasteiger partial charge in [0.2, 0.25) is 0 Å². The molecule has 2 rings (SSSR count). The number of rotatable bonds is 1. The molecule has 0 aliphatic carbocycles. The highest BCUT2D eigenvalue weighted by Gasteiger charge is 2.16. The monoisotopic (exact) mass is 252 g/mol. The number of hydrogen-bond donors (Lipinski definition) is 0. The van der Waals surface area contributed by atoms with E-state index in [-0.39, 0.29) is 5.56 Å². The molecule has 2 aromatic rings. The van der Waals surface area contributed by atoms with Crippen molar-refractivity contribution in [3.05, 3.63) is 39.3 Å². The third-order valence-corrected chi connectivity index (χ3v) is 2.79. The molecule has 0 spiro atoms. The summed E-state index contributed by atoms with van der Waals surface area (Å²) in [5, 5.41) is 0.965. The van der Waals surface area contributed by atoms with E-state index in [1.54, 1.807) is 6.07 Å². The molecule has 6 heteroatoms. The maximum Gasteiger partial charge on any atom is 0.343 e. The number of esters is 1. The minimum absolute atomic E-state index is 0.0580. The predicted molar refractivity (Wildman–Crippen MR) is 63.3 cm³/mol. The molecule has 0 bridgehead atoms. The minimum atomic E-state index is -0.688. The molecule has 0 saturated heterocycles. The molecule has 88 valence electrons. The number of nitrogens with zero attached hydrogens (tertiary/aromatic N) is 2. The van der Waals surface area contributed by atoms with E-state index in [9.17, 15) is 9.59 Å². The van der Waals surface area contributed by atoms with Crippen molar-refractivity contribution in [2.75, 3.05) is 7.11 Å². The van der Waals surface area contributed by atoms with E-state index < -0.39 is 11.5 Å². The van der Waals surface area contributed by atoms with Crippen molar-refractivity contribution in [3.63, 3.8) is 0 Å². The lowest BCUT2D eigenvalue weighted by atomic mass is 10.2. The highest BCUT2D eigenvalue weighted by molar-refractivity contribution is 6.35. The molecule has 2 aromatic heterocycles. The van der Waals surface area contributed by atoms with Gasteiger partial charge in [-0.3, -0.25) is 9.36 Å². The van der Waals surface area contributed by atoms with Gasteiger partial charge in [-0.1, -0.05) is 11.6 Å². The zero-order chi connectivity index (χ0) is 12.6. The van der Waals surface area contributed by atoms with Gasteiger partial charge in [0.1, 0.15) is 11.2 Å². The van der Waals surface area contributed by atoms with Crippen molar-refractivity contribution in [2.45, 2.75) is 0 Å². The number of ether oxygens (including phenoxy) is 1. The summed E-state index contributed by atoms with van der Waals surface area (Å²) in [6.07, 6.45) is 1.50. The van der Waals surface area contributed by atoms with E-state index in [4.69, 9.17) is 11.6 Å². The van der Waals surface area contributed by atoms with Crippen molar-refractivity contribution < 1.29 is 9.53 Å². The number of pyridine rings is 2. The average molecular weight is 253 g/mol. The quantitative estimate of drug-likeness (QED) is 0.720. The van der Waals surface area contributed by atoms with Crippen molar-refractivity contribution in [2.24, 2.45) is 7.05 Å². The molecule has 5 nitrogen and oxygen atoms in total. The first-order valence-electron chi connectivity index (χ1n) is 4.79. The summed E-state index contributed by atoms with van der Waals surface area (Å²) < 4.78 is 5.82. The molecule has 0 aliphatic rings. The van der Waals surface area contributed by atoms with Gasteiger partial charge < -0.3 is 4.74 Å². The van der Waals surface area contributed by atoms with Gasteiger partial charge in [0.15, 0.2) is 0 Å². The number of fused-ring (bicyclic) bond motifs is 1. The van der Waals surface area contributed by atoms with Crippen LogP contribution in [0.5, 0.6) is 0 Å². The first-order valence-corrected chi connectivity index (χ1v) is 5.16. The Morgan fingerprint density at radius 2 is 2.24 bits per heavy atom.